The van der Waals surface area contributed by atoms with Crippen molar-refractivity contribution in [3.8, 4) is 0 Å². The fourth-order valence-electron chi connectivity index (χ4n) is 3.51. The molecule has 1 aliphatic rings. The first-order valence-corrected chi connectivity index (χ1v) is 10.8. The van der Waals surface area contributed by atoms with Crippen LogP contribution in [-0.2, 0) is 6.54 Å². The number of rotatable bonds is 8. The highest BCUT2D eigenvalue weighted by molar-refractivity contribution is 5.94. The minimum absolute atomic E-state index is 0.0411. The average Bonchev–Trinajstić information content (AvgIpc) is 3.25. The van der Waals surface area contributed by atoms with Crippen LogP contribution < -0.4 is 20.9 Å². The Morgan fingerprint density at radius 3 is 2.77 bits per heavy atom. The van der Waals surface area contributed by atoms with Crippen LogP contribution in [0.3, 0.4) is 0 Å². The quantitative estimate of drug-likeness (QED) is 0.344. The highest BCUT2D eigenvalue weighted by Gasteiger charge is 2.25. The van der Waals surface area contributed by atoms with E-state index in [2.05, 4.69) is 32.9 Å². The second kappa shape index (κ2) is 11.3. The van der Waals surface area contributed by atoms with E-state index in [1.807, 2.05) is 29.2 Å². The number of guanidine groups is 1. The van der Waals surface area contributed by atoms with Crippen molar-refractivity contribution in [3.05, 3.63) is 59.5 Å². The van der Waals surface area contributed by atoms with Gasteiger partial charge in [-0.1, -0.05) is 25.5 Å². The van der Waals surface area contributed by atoms with Crippen LogP contribution in [0.2, 0.25) is 0 Å². The molecule has 1 fully saturated rings. The third-order valence-corrected chi connectivity index (χ3v) is 5.28. The van der Waals surface area contributed by atoms with Crippen LogP contribution in [0.15, 0.2) is 47.6 Å². The molecule has 3 N–H and O–H groups in total. The summed E-state index contributed by atoms with van der Waals surface area (Å²) in [4.78, 5) is 22.5. The van der Waals surface area contributed by atoms with Crippen molar-refractivity contribution in [3.63, 3.8) is 0 Å². The topological polar surface area (TPSA) is 81.6 Å². The molecule has 1 atom stereocenters. The number of carbonyl (C=O) groups is 1. The van der Waals surface area contributed by atoms with Crippen molar-refractivity contribution in [2.24, 2.45) is 4.99 Å². The van der Waals surface area contributed by atoms with Crippen LogP contribution in [0.4, 0.5) is 10.2 Å². The number of nitrogens with one attached hydrogen (secondary N) is 3. The van der Waals surface area contributed by atoms with Gasteiger partial charge in [-0.05, 0) is 42.7 Å². The number of pyridine rings is 1. The molecule has 0 bridgehead atoms. The predicted molar refractivity (Wildman–Crippen MR) is 122 cm³/mol. The SMILES string of the molecule is CCCCNC(=O)c1ccc(CNC(=NC)NC2CCN(c3ncccc3F)C2)cc1. The summed E-state index contributed by atoms with van der Waals surface area (Å²) >= 11 is 0. The van der Waals surface area contributed by atoms with Gasteiger partial charge in [-0.25, -0.2) is 9.37 Å². The lowest BCUT2D eigenvalue weighted by Crippen LogP contribution is -2.44. The first-order chi connectivity index (χ1) is 15.1. The Morgan fingerprint density at radius 1 is 1.26 bits per heavy atom. The molecule has 1 aromatic carbocycles. The zero-order chi connectivity index (χ0) is 22.1. The Morgan fingerprint density at radius 2 is 2.06 bits per heavy atom. The predicted octanol–water partition coefficient (Wildman–Crippen LogP) is 2.69. The number of unbranched alkanes of at least 4 members (excludes halogenated alkanes) is 1. The lowest BCUT2D eigenvalue weighted by Gasteiger charge is -2.20. The molecule has 1 amide bonds. The Kier molecular flexibility index (Phi) is 8.20. The minimum atomic E-state index is -0.298. The zero-order valence-corrected chi connectivity index (χ0v) is 18.2. The number of benzene rings is 1. The molecule has 0 spiro atoms. The van der Waals surface area contributed by atoms with E-state index in [4.69, 9.17) is 0 Å². The van der Waals surface area contributed by atoms with Gasteiger partial charge in [0.25, 0.3) is 5.91 Å². The number of nitrogens with zero attached hydrogens (tertiary/aromatic N) is 3. The summed E-state index contributed by atoms with van der Waals surface area (Å²) in [5.74, 6) is 0.747. The first-order valence-electron chi connectivity index (χ1n) is 10.8. The van der Waals surface area contributed by atoms with Crippen molar-refractivity contribution in [1.29, 1.82) is 0 Å². The maximum atomic E-state index is 14.0. The van der Waals surface area contributed by atoms with Crippen molar-refractivity contribution in [2.75, 3.05) is 31.6 Å². The van der Waals surface area contributed by atoms with Crippen molar-refractivity contribution in [2.45, 2.75) is 38.8 Å². The van der Waals surface area contributed by atoms with E-state index in [0.29, 0.717) is 37.0 Å². The number of amides is 1. The highest BCUT2D eigenvalue weighted by Crippen LogP contribution is 2.20. The van der Waals surface area contributed by atoms with Crippen molar-refractivity contribution < 1.29 is 9.18 Å². The highest BCUT2D eigenvalue weighted by atomic mass is 19.1. The number of aliphatic imine (C=N–C) groups is 1. The molecule has 3 rings (SSSR count). The number of carbonyl (C=O) groups excluding carboxylic acids is 1. The normalized spacial score (nSPS) is 16.3. The van der Waals surface area contributed by atoms with Gasteiger partial charge in [0.15, 0.2) is 17.6 Å². The maximum absolute atomic E-state index is 14.0. The fraction of sp³-hybridized carbons (Fsp3) is 0.435. The summed E-state index contributed by atoms with van der Waals surface area (Å²) < 4.78 is 14.0. The molecule has 31 heavy (non-hydrogen) atoms. The second-order valence-corrected chi connectivity index (χ2v) is 7.62. The van der Waals surface area contributed by atoms with Crippen LogP contribution in [0.5, 0.6) is 0 Å². The van der Waals surface area contributed by atoms with Crippen molar-refractivity contribution in [1.82, 2.24) is 20.9 Å². The van der Waals surface area contributed by atoms with Gasteiger partial charge in [0, 0.05) is 51.0 Å². The van der Waals surface area contributed by atoms with E-state index in [-0.39, 0.29) is 17.8 Å². The third-order valence-electron chi connectivity index (χ3n) is 5.28. The summed E-state index contributed by atoms with van der Waals surface area (Å²) in [6.07, 6.45) is 4.52. The summed E-state index contributed by atoms with van der Waals surface area (Å²) in [5.41, 5.74) is 1.71. The maximum Gasteiger partial charge on any atom is 0.251 e. The Bertz CT molecular complexity index is 886. The summed E-state index contributed by atoms with van der Waals surface area (Å²) in [7, 11) is 1.73. The molecule has 0 radical (unpaired) electrons. The van der Waals surface area contributed by atoms with E-state index >= 15 is 0 Å². The Labute approximate surface area is 183 Å². The van der Waals surface area contributed by atoms with Gasteiger partial charge in [0.2, 0.25) is 0 Å². The molecular formula is C23H31FN6O. The summed E-state index contributed by atoms with van der Waals surface area (Å²) in [6, 6.07) is 10.7. The van der Waals surface area contributed by atoms with E-state index in [1.54, 1.807) is 19.3 Å². The molecule has 2 heterocycles. The molecule has 1 saturated heterocycles. The molecule has 2 aromatic rings. The Balaban J connectivity index is 1.46. The number of halogens is 1. The smallest absolute Gasteiger partial charge is 0.251 e. The molecule has 1 unspecified atom stereocenters. The second-order valence-electron chi connectivity index (χ2n) is 7.62. The average molecular weight is 427 g/mol. The fourth-order valence-corrected chi connectivity index (χ4v) is 3.51. The number of hydrogen-bond donors (Lipinski definition) is 3. The van der Waals surface area contributed by atoms with Crippen molar-refractivity contribution >= 4 is 17.7 Å². The van der Waals surface area contributed by atoms with Gasteiger partial charge in [0.05, 0.1) is 0 Å². The van der Waals surface area contributed by atoms with Gasteiger partial charge in [0.1, 0.15) is 0 Å². The molecular weight excluding hydrogens is 395 g/mol. The van der Waals surface area contributed by atoms with E-state index in [1.165, 1.54) is 6.07 Å². The van der Waals surface area contributed by atoms with Crippen LogP contribution in [0.25, 0.3) is 0 Å². The number of anilines is 1. The lowest BCUT2D eigenvalue weighted by molar-refractivity contribution is 0.0953. The van der Waals surface area contributed by atoms with Gasteiger partial charge < -0.3 is 20.9 Å². The molecule has 8 heteroatoms. The van der Waals surface area contributed by atoms with Crippen LogP contribution in [0, 0.1) is 5.82 Å². The molecule has 1 aliphatic heterocycles. The van der Waals surface area contributed by atoms with Crippen LogP contribution >= 0.6 is 0 Å². The molecule has 0 saturated carbocycles. The van der Waals surface area contributed by atoms with Crippen LogP contribution in [0.1, 0.15) is 42.1 Å². The third kappa shape index (κ3) is 6.41. The van der Waals surface area contributed by atoms with Crippen LogP contribution in [-0.4, -0.2) is 49.6 Å². The lowest BCUT2D eigenvalue weighted by atomic mass is 10.1. The van der Waals surface area contributed by atoms with Gasteiger partial charge >= 0.3 is 0 Å². The zero-order valence-electron chi connectivity index (χ0n) is 18.2. The largest absolute Gasteiger partial charge is 0.352 e. The van der Waals surface area contributed by atoms with Gasteiger partial charge in [-0.2, -0.15) is 0 Å². The minimum Gasteiger partial charge on any atom is -0.352 e. The molecule has 0 aliphatic carbocycles. The monoisotopic (exact) mass is 426 g/mol. The van der Waals surface area contributed by atoms with E-state index in [9.17, 15) is 9.18 Å². The summed E-state index contributed by atoms with van der Waals surface area (Å²) in [5, 5.41) is 9.62. The van der Waals surface area contributed by atoms with Gasteiger partial charge in [-0.3, -0.25) is 9.79 Å². The molecule has 1 aromatic heterocycles. The number of hydrogen-bond acceptors (Lipinski definition) is 4. The Hall–Kier alpha value is -3.16. The van der Waals surface area contributed by atoms with E-state index < -0.39 is 0 Å². The summed E-state index contributed by atoms with van der Waals surface area (Å²) in [6.45, 7) is 4.79. The standard InChI is InChI=1S/C23H31FN6O/c1-3-4-12-27-22(31)18-9-7-17(8-10-18)15-28-23(25-2)29-19-11-14-30(16-19)21-20(24)6-5-13-26-21/h5-10,13,19H,3-4,11-12,14-16H2,1-2H3,(H,27,31)(H2,25,28,29). The first kappa shape index (κ1) is 22.5. The molecule has 166 valence electrons. The van der Waals surface area contributed by atoms with Gasteiger partial charge in [-0.15, -0.1) is 0 Å². The molecule has 7 nitrogen and oxygen atoms in total. The number of aromatic nitrogens is 1. The van der Waals surface area contributed by atoms with E-state index in [0.717, 1.165) is 31.4 Å².